The molecule has 2 rings (SSSR count). The first-order valence-corrected chi connectivity index (χ1v) is 8.61. The minimum Gasteiger partial charge on any atom is -0.484 e. The molecule has 0 unspecified atom stereocenters. The molecular weight excluding hydrogens is 352 g/mol. The van der Waals surface area contributed by atoms with Crippen LogP contribution in [0.25, 0.3) is 0 Å². The van der Waals surface area contributed by atoms with Crippen LogP contribution >= 0.6 is 11.6 Å². The predicted octanol–water partition coefficient (Wildman–Crippen LogP) is 4.37. The number of hydrogen-bond donors (Lipinski definition) is 1. The molecule has 138 valence electrons. The van der Waals surface area contributed by atoms with Crippen LogP contribution in [-0.2, 0) is 9.59 Å². The third kappa shape index (κ3) is 5.23. The highest BCUT2D eigenvalue weighted by Crippen LogP contribution is 2.24. The van der Waals surface area contributed by atoms with E-state index in [2.05, 4.69) is 5.32 Å². The molecule has 0 heterocycles. The van der Waals surface area contributed by atoms with Crippen LogP contribution < -0.4 is 15.0 Å². The first-order valence-electron chi connectivity index (χ1n) is 8.24. The second-order valence-corrected chi connectivity index (χ2v) is 7.33. The van der Waals surface area contributed by atoms with E-state index >= 15 is 0 Å². The molecule has 0 fully saturated rings. The van der Waals surface area contributed by atoms with Gasteiger partial charge < -0.3 is 15.0 Å². The van der Waals surface area contributed by atoms with Gasteiger partial charge in [0.1, 0.15) is 5.75 Å². The average molecular weight is 375 g/mol. The van der Waals surface area contributed by atoms with Gasteiger partial charge in [0, 0.05) is 18.2 Å². The van der Waals surface area contributed by atoms with Gasteiger partial charge in [0.15, 0.2) is 6.61 Å². The summed E-state index contributed by atoms with van der Waals surface area (Å²) in [5.41, 5.74) is 0.846. The zero-order chi connectivity index (χ0) is 19.3. The van der Waals surface area contributed by atoms with Crippen LogP contribution in [0.3, 0.4) is 0 Å². The second-order valence-electron chi connectivity index (χ2n) is 6.92. The van der Waals surface area contributed by atoms with Gasteiger partial charge in [-0.15, -0.1) is 0 Å². The van der Waals surface area contributed by atoms with Crippen LogP contribution in [0.15, 0.2) is 48.5 Å². The number of carbonyl (C=O) groups excluding carboxylic acids is 2. The number of benzene rings is 2. The largest absolute Gasteiger partial charge is 0.484 e. The van der Waals surface area contributed by atoms with E-state index in [1.807, 2.05) is 20.8 Å². The van der Waals surface area contributed by atoms with Crippen molar-refractivity contribution in [2.75, 3.05) is 23.9 Å². The van der Waals surface area contributed by atoms with Crippen molar-refractivity contribution in [3.8, 4) is 5.75 Å². The number of ether oxygens (including phenoxy) is 1. The number of halogens is 1. The molecule has 0 atom stereocenters. The third-order valence-electron chi connectivity index (χ3n) is 3.69. The summed E-state index contributed by atoms with van der Waals surface area (Å²) >= 11 is 6.00. The van der Waals surface area contributed by atoms with Gasteiger partial charge in [-0.05, 0) is 36.4 Å². The lowest BCUT2D eigenvalue weighted by molar-refractivity contribution is -0.125. The molecule has 2 amide bonds. The van der Waals surface area contributed by atoms with Crippen molar-refractivity contribution in [3.05, 3.63) is 53.6 Å². The number of carbonyl (C=O) groups is 2. The zero-order valence-electron chi connectivity index (χ0n) is 15.4. The van der Waals surface area contributed by atoms with E-state index in [0.29, 0.717) is 16.5 Å². The highest BCUT2D eigenvalue weighted by atomic mass is 35.5. The molecule has 0 saturated heterocycles. The van der Waals surface area contributed by atoms with Gasteiger partial charge in [0.2, 0.25) is 5.91 Å². The summed E-state index contributed by atoms with van der Waals surface area (Å²) < 4.78 is 5.48. The molecule has 6 heteroatoms. The fourth-order valence-electron chi connectivity index (χ4n) is 2.28. The molecule has 1 N–H and O–H groups in total. The Kier molecular flexibility index (Phi) is 6.27. The van der Waals surface area contributed by atoms with E-state index in [0.717, 1.165) is 5.69 Å². The van der Waals surface area contributed by atoms with Gasteiger partial charge in [0.25, 0.3) is 5.91 Å². The van der Waals surface area contributed by atoms with Crippen LogP contribution in [0.1, 0.15) is 20.8 Å². The Morgan fingerprint density at radius 3 is 2.27 bits per heavy atom. The summed E-state index contributed by atoms with van der Waals surface area (Å²) in [6.45, 7) is 5.49. The van der Waals surface area contributed by atoms with Crippen molar-refractivity contribution in [1.29, 1.82) is 0 Å². The monoisotopic (exact) mass is 374 g/mol. The zero-order valence-corrected chi connectivity index (χ0v) is 16.1. The molecule has 0 aliphatic rings. The van der Waals surface area contributed by atoms with Crippen LogP contribution in [0.5, 0.6) is 5.75 Å². The maximum atomic E-state index is 12.3. The Morgan fingerprint density at radius 1 is 1.08 bits per heavy atom. The minimum absolute atomic E-state index is 0.0188. The number of amides is 2. The maximum Gasteiger partial charge on any atom is 0.262 e. The number of hydrogen-bond acceptors (Lipinski definition) is 3. The standard InChI is InChI=1S/C20H23ClN2O3/c1-20(2,3)19(25)23(4)14-9-11-15(12-10-14)26-13-18(24)22-17-8-6-5-7-16(17)21/h5-12H,13H2,1-4H3,(H,22,24). The SMILES string of the molecule is CN(C(=O)C(C)(C)C)c1ccc(OCC(=O)Nc2ccccc2Cl)cc1. The molecule has 0 saturated carbocycles. The van der Waals surface area contributed by atoms with Crippen molar-refractivity contribution in [2.24, 2.45) is 5.41 Å². The number of nitrogens with one attached hydrogen (secondary N) is 1. The Morgan fingerprint density at radius 2 is 1.69 bits per heavy atom. The van der Waals surface area contributed by atoms with Crippen LogP contribution in [0.2, 0.25) is 5.02 Å². The fourth-order valence-corrected chi connectivity index (χ4v) is 2.47. The number of para-hydroxylation sites is 1. The Balaban J connectivity index is 1.92. The maximum absolute atomic E-state index is 12.3. The third-order valence-corrected chi connectivity index (χ3v) is 4.02. The van der Waals surface area contributed by atoms with Crippen molar-refractivity contribution >= 4 is 34.8 Å². The van der Waals surface area contributed by atoms with Crippen LogP contribution in [0.4, 0.5) is 11.4 Å². The summed E-state index contributed by atoms with van der Waals surface area (Å²) in [4.78, 5) is 25.9. The van der Waals surface area contributed by atoms with E-state index in [1.54, 1.807) is 60.5 Å². The molecule has 26 heavy (non-hydrogen) atoms. The van der Waals surface area contributed by atoms with Crippen LogP contribution in [0, 0.1) is 5.41 Å². The first kappa shape index (κ1) is 19.8. The van der Waals surface area contributed by atoms with Gasteiger partial charge in [-0.3, -0.25) is 9.59 Å². The number of rotatable bonds is 5. The molecule has 0 bridgehead atoms. The second kappa shape index (κ2) is 8.23. The summed E-state index contributed by atoms with van der Waals surface area (Å²) in [6, 6.07) is 14.0. The normalized spacial score (nSPS) is 11.0. The van der Waals surface area contributed by atoms with Gasteiger partial charge >= 0.3 is 0 Å². The molecule has 0 spiro atoms. The van der Waals surface area contributed by atoms with Gasteiger partial charge in [-0.2, -0.15) is 0 Å². The Hall–Kier alpha value is -2.53. The topological polar surface area (TPSA) is 58.6 Å². The van der Waals surface area contributed by atoms with E-state index in [4.69, 9.17) is 16.3 Å². The smallest absolute Gasteiger partial charge is 0.262 e. The highest BCUT2D eigenvalue weighted by Gasteiger charge is 2.25. The molecule has 2 aromatic rings. The predicted molar refractivity (Wildman–Crippen MR) is 105 cm³/mol. The summed E-state index contributed by atoms with van der Waals surface area (Å²) in [5.74, 6) is 0.257. The molecule has 0 aliphatic heterocycles. The molecule has 5 nitrogen and oxygen atoms in total. The average Bonchev–Trinajstić information content (AvgIpc) is 2.60. The molecule has 0 aliphatic carbocycles. The summed E-state index contributed by atoms with van der Waals surface area (Å²) in [7, 11) is 1.74. The fraction of sp³-hybridized carbons (Fsp3) is 0.300. The van der Waals surface area contributed by atoms with Crippen LogP contribution in [-0.4, -0.2) is 25.5 Å². The molecule has 0 radical (unpaired) electrons. The molecule has 2 aromatic carbocycles. The van der Waals surface area contributed by atoms with Crippen molar-refractivity contribution in [3.63, 3.8) is 0 Å². The lowest BCUT2D eigenvalue weighted by Crippen LogP contribution is -2.36. The minimum atomic E-state index is -0.458. The molecule has 0 aromatic heterocycles. The highest BCUT2D eigenvalue weighted by molar-refractivity contribution is 6.33. The summed E-state index contributed by atoms with van der Waals surface area (Å²) in [6.07, 6.45) is 0. The lowest BCUT2D eigenvalue weighted by atomic mass is 9.95. The lowest BCUT2D eigenvalue weighted by Gasteiger charge is -2.26. The Bertz CT molecular complexity index is 782. The van der Waals surface area contributed by atoms with E-state index in [1.165, 1.54) is 0 Å². The van der Waals surface area contributed by atoms with Gasteiger partial charge in [-0.25, -0.2) is 0 Å². The Labute approximate surface area is 158 Å². The molecular formula is C20H23ClN2O3. The van der Waals surface area contributed by atoms with Crippen molar-refractivity contribution in [1.82, 2.24) is 0 Å². The number of anilines is 2. The van der Waals surface area contributed by atoms with E-state index < -0.39 is 5.41 Å². The number of nitrogens with zero attached hydrogens (tertiary/aromatic N) is 1. The van der Waals surface area contributed by atoms with Crippen molar-refractivity contribution in [2.45, 2.75) is 20.8 Å². The van der Waals surface area contributed by atoms with Gasteiger partial charge in [-0.1, -0.05) is 44.5 Å². The summed E-state index contributed by atoms with van der Waals surface area (Å²) in [5, 5.41) is 3.16. The quantitative estimate of drug-likeness (QED) is 0.845. The van der Waals surface area contributed by atoms with E-state index in [9.17, 15) is 9.59 Å². The van der Waals surface area contributed by atoms with Gasteiger partial charge in [0.05, 0.1) is 10.7 Å². The first-order chi connectivity index (χ1) is 12.2. The van der Waals surface area contributed by atoms with Crippen molar-refractivity contribution < 1.29 is 14.3 Å². The van der Waals surface area contributed by atoms with E-state index in [-0.39, 0.29) is 18.4 Å².